The molecule has 0 saturated heterocycles. The second kappa shape index (κ2) is 7.83. The smallest absolute Gasteiger partial charge is 0.303 e. The van der Waals surface area contributed by atoms with Crippen molar-refractivity contribution in [2.24, 2.45) is 5.92 Å². The molecule has 0 bridgehead atoms. The van der Waals surface area contributed by atoms with Crippen molar-refractivity contribution in [2.45, 2.75) is 26.2 Å². The van der Waals surface area contributed by atoms with E-state index in [-0.39, 0.29) is 6.42 Å². The lowest BCUT2D eigenvalue weighted by Crippen LogP contribution is -2.18. The van der Waals surface area contributed by atoms with Gasteiger partial charge in [-0.25, -0.2) is 0 Å². The van der Waals surface area contributed by atoms with Gasteiger partial charge < -0.3 is 10.4 Å². The van der Waals surface area contributed by atoms with Crippen molar-refractivity contribution in [1.29, 1.82) is 0 Å². The lowest BCUT2D eigenvalue weighted by molar-refractivity contribution is -0.137. The van der Waals surface area contributed by atoms with Crippen LogP contribution in [0.25, 0.3) is 0 Å². The SMILES string of the molecule is C=C(Cl)CNCCC(C)CCC(=O)O. The minimum Gasteiger partial charge on any atom is -0.481 e. The topological polar surface area (TPSA) is 49.3 Å². The molecule has 0 aliphatic rings. The molecule has 0 spiro atoms. The van der Waals surface area contributed by atoms with Crippen molar-refractivity contribution in [2.75, 3.05) is 13.1 Å². The summed E-state index contributed by atoms with van der Waals surface area (Å²) < 4.78 is 0. The minimum absolute atomic E-state index is 0.253. The molecular formula is C10H18ClNO2. The molecule has 1 atom stereocenters. The highest BCUT2D eigenvalue weighted by Crippen LogP contribution is 2.09. The van der Waals surface area contributed by atoms with Gasteiger partial charge in [0.15, 0.2) is 0 Å². The first-order valence-corrected chi connectivity index (χ1v) is 5.16. The van der Waals surface area contributed by atoms with E-state index in [1.165, 1.54) is 0 Å². The highest BCUT2D eigenvalue weighted by molar-refractivity contribution is 6.29. The van der Waals surface area contributed by atoms with Gasteiger partial charge >= 0.3 is 5.97 Å². The van der Waals surface area contributed by atoms with E-state index < -0.39 is 5.97 Å². The molecular weight excluding hydrogens is 202 g/mol. The lowest BCUT2D eigenvalue weighted by Gasteiger charge is -2.10. The van der Waals surface area contributed by atoms with Crippen molar-refractivity contribution >= 4 is 17.6 Å². The summed E-state index contributed by atoms with van der Waals surface area (Å²) in [5.74, 6) is -0.291. The monoisotopic (exact) mass is 219 g/mol. The highest BCUT2D eigenvalue weighted by Gasteiger charge is 2.04. The van der Waals surface area contributed by atoms with Gasteiger partial charge in [0.25, 0.3) is 0 Å². The van der Waals surface area contributed by atoms with Crippen LogP contribution in [0, 0.1) is 5.92 Å². The number of nitrogens with one attached hydrogen (secondary N) is 1. The summed E-state index contributed by atoms with van der Waals surface area (Å²) in [5, 5.41) is 12.2. The molecule has 0 aromatic rings. The Bertz CT molecular complexity index is 195. The van der Waals surface area contributed by atoms with E-state index >= 15 is 0 Å². The maximum Gasteiger partial charge on any atom is 0.303 e. The van der Waals surface area contributed by atoms with Gasteiger partial charge in [-0.3, -0.25) is 4.79 Å². The van der Waals surface area contributed by atoms with Gasteiger partial charge in [-0.05, 0) is 25.3 Å². The number of carbonyl (C=O) groups is 1. The molecule has 0 aliphatic carbocycles. The Morgan fingerprint density at radius 3 is 2.71 bits per heavy atom. The Morgan fingerprint density at radius 1 is 1.57 bits per heavy atom. The molecule has 0 heterocycles. The van der Waals surface area contributed by atoms with E-state index in [2.05, 4.69) is 18.8 Å². The van der Waals surface area contributed by atoms with E-state index in [0.29, 0.717) is 17.5 Å². The van der Waals surface area contributed by atoms with Crippen LogP contribution >= 0.6 is 11.6 Å². The summed E-state index contributed by atoms with van der Waals surface area (Å²) in [5.41, 5.74) is 0. The molecule has 1 unspecified atom stereocenters. The highest BCUT2D eigenvalue weighted by atomic mass is 35.5. The maximum atomic E-state index is 10.3. The predicted molar refractivity (Wildman–Crippen MR) is 58.5 cm³/mol. The van der Waals surface area contributed by atoms with Crippen LogP contribution in [0.5, 0.6) is 0 Å². The molecule has 0 rings (SSSR count). The Balaban J connectivity index is 3.30. The lowest BCUT2D eigenvalue weighted by atomic mass is 10.0. The molecule has 0 aromatic carbocycles. The summed E-state index contributed by atoms with van der Waals surface area (Å²) in [6.45, 7) is 7.08. The van der Waals surface area contributed by atoms with Crippen LogP contribution in [0.4, 0.5) is 0 Å². The first kappa shape index (κ1) is 13.5. The zero-order valence-electron chi connectivity index (χ0n) is 8.55. The number of hydrogen-bond donors (Lipinski definition) is 2. The van der Waals surface area contributed by atoms with E-state index in [9.17, 15) is 4.79 Å². The van der Waals surface area contributed by atoms with Gasteiger partial charge in [0, 0.05) is 18.0 Å². The van der Waals surface area contributed by atoms with Crippen LogP contribution in [-0.2, 0) is 4.79 Å². The maximum absolute atomic E-state index is 10.3. The average molecular weight is 220 g/mol. The summed E-state index contributed by atoms with van der Waals surface area (Å²) in [7, 11) is 0. The second-order valence-corrected chi connectivity index (χ2v) is 4.05. The Hall–Kier alpha value is -0.540. The molecule has 2 N–H and O–H groups in total. The number of aliphatic carboxylic acids is 1. The Kier molecular flexibility index (Phi) is 7.52. The fourth-order valence-corrected chi connectivity index (χ4v) is 1.18. The molecule has 0 aromatic heterocycles. The molecule has 14 heavy (non-hydrogen) atoms. The number of rotatable bonds is 8. The van der Waals surface area contributed by atoms with Gasteiger partial charge in [-0.1, -0.05) is 25.1 Å². The fraction of sp³-hybridized carbons (Fsp3) is 0.700. The van der Waals surface area contributed by atoms with Crippen molar-refractivity contribution in [3.63, 3.8) is 0 Å². The Labute approximate surface area is 90.1 Å². The van der Waals surface area contributed by atoms with Crippen LogP contribution in [0.3, 0.4) is 0 Å². The van der Waals surface area contributed by atoms with Gasteiger partial charge in [0.1, 0.15) is 0 Å². The normalized spacial score (nSPS) is 12.4. The average Bonchev–Trinajstić information content (AvgIpc) is 2.08. The van der Waals surface area contributed by atoms with Gasteiger partial charge in [-0.15, -0.1) is 0 Å². The van der Waals surface area contributed by atoms with Gasteiger partial charge in [0.2, 0.25) is 0 Å². The van der Waals surface area contributed by atoms with Crippen LogP contribution < -0.4 is 5.32 Å². The first-order chi connectivity index (χ1) is 6.52. The van der Waals surface area contributed by atoms with Crippen molar-refractivity contribution in [3.05, 3.63) is 11.6 Å². The van der Waals surface area contributed by atoms with Gasteiger partial charge in [-0.2, -0.15) is 0 Å². The summed E-state index contributed by atoms with van der Waals surface area (Å²) in [6, 6.07) is 0. The van der Waals surface area contributed by atoms with Crippen LogP contribution in [0.1, 0.15) is 26.2 Å². The first-order valence-electron chi connectivity index (χ1n) is 4.78. The largest absolute Gasteiger partial charge is 0.481 e. The van der Waals surface area contributed by atoms with Crippen molar-refractivity contribution < 1.29 is 9.90 Å². The molecule has 82 valence electrons. The number of hydrogen-bond acceptors (Lipinski definition) is 2. The second-order valence-electron chi connectivity index (χ2n) is 3.52. The van der Waals surface area contributed by atoms with Crippen LogP contribution in [0.15, 0.2) is 11.6 Å². The summed E-state index contributed by atoms with van der Waals surface area (Å²) in [4.78, 5) is 10.3. The fourth-order valence-electron chi connectivity index (χ4n) is 1.09. The van der Waals surface area contributed by atoms with Crippen molar-refractivity contribution in [3.8, 4) is 0 Å². The molecule has 3 nitrogen and oxygen atoms in total. The van der Waals surface area contributed by atoms with E-state index in [0.717, 1.165) is 19.4 Å². The zero-order valence-corrected chi connectivity index (χ0v) is 9.31. The molecule has 0 saturated carbocycles. The third-order valence-corrected chi connectivity index (χ3v) is 2.12. The summed E-state index contributed by atoms with van der Waals surface area (Å²) in [6.07, 6.45) is 1.96. The van der Waals surface area contributed by atoms with Crippen LogP contribution in [-0.4, -0.2) is 24.2 Å². The molecule has 0 fully saturated rings. The molecule has 0 aliphatic heterocycles. The standard InChI is InChI=1S/C10H18ClNO2/c1-8(3-4-10(13)14)5-6-12-7-9(2)11/h8,12H,2-7H2,1H3,(H,13,14). The third-order valence-electron chi connectivity index (χ3n) is 1.98. The zero-order chi connectivity index (χ0) is 11.0. The minimum atomic E-state index is -0.723. The predicted octanol–water partition coefficient (Wildman–Crippen LogP) is 2.22. The van der Waals surface area contributed by atoms with Crippen molar-refractivity contribution in [1.82, 2.24) is 5.32 Å². The van der Waals surface area contributed by atoms with Crippen LogP contribution in [0.2, 0.25) is 0 Å². The van der Waals surface area contributed by atoms with E-state index in [1.54, 1.807) is 0 Å². The number of carboxylic acid groups (broad SMARTS) is 1. The molecule has 0 radical (unpaired) electrons. The quantitative estimate of drug-likeness (QED) is 0.616. The molecule has 4 heteroatoms. The molecule has 0 amide bonds. The number of carboxylic acids is 1. The number of halogens is 1. The van der Waals surface area contributed by atoms with Gasteiger partial charge in [0.05, 0.1) is 0 Å². The Morgan fingerprint density at radius 2 is 2.21 bits per heavy atom. The third kappa shape index (κ3) is 9.55. The van der Waals surface area contributed by atoms with E-state index in [4.69, 9.17) is 16.7 Å². The van der Waals surface area contributed by atoms with E-state index in [1.807, 2.05) is 0 Å². The summed E-state index contributed by atoms with van der Waals surface area (Å²) >= 11 is 5.56.